The third kappa shape index (κ3) is 4.74. The van der Waals surface area contributed by atoms with Crippen molar-refractivity contribution in [2.75, 3.05) is 5.32 Å². The average molecular weight is 396 g/mol. The molecule has 0 aliphatic rings. The molecule has 3 rings (SSSR count). The van der Waals surface area contributed by atoms with E-state index in [0.717, 1.165) is 27.9 Å². The molecule has 0 aliphatic carbocycles. The number of nitrogens with one attached hydrogen (secondary N) is 2. The fourth-order valence-corrected chi connectivity index (χ4v) is 3.52. The largest absolute Gasteiger partial charge is 0.374 e. The van der Waals surface area contributed by atoms with Gasteiger partial charge in [0.1, 0.15) is 5.65 Å². The van der Waals surface area contributed by atoms with E-state index in [0.29, 0.717) is 24.2 Å². The summed E-state index contributed by atoms with van der Waals surface area (Å²) < 4.78 is 7.28. The van der Waals surface area contributed by atoms with Gasteiger partial charge in [-0.15, -0.1) is 0 Å². The van der Waals surface area contributed by atoms with E-state index in [1.165, 1.54) is 0 Å². The Kier molecular flexibility index (Phi) is 6.17. The zero-order chi connectivity index (χ0) is 21.1. The number of ether oxygens (including phenoxy) is 1. The molecule has 2 heterocycles. The van der Waals surface area contributed by atoms with Crippen LogP contribution < -0.4 is 10.9 Å². The molecular weight excluding hydrogens is 368 g/mol. The van der Waals surface area contributed by atoms with Gasteiger partial charge in [-0.3, -0.25) is 14.3 Å². The SMILES string of the molecule is Cc1nn(C)c2[nH]c(=O)c(CCC(=O)Nc3cccc(COC(C)C)c3)c(C)c12. The minimum atomic E-state index is -0.168. The second-order valence-corrected chi connectivity index (χ2v) is 7.60. The van der Waals surface area contributed by atoms with Crippen LogP contribution >= 0.6 is 0 Å². The number of nitrogens with zero attached hydrogens (tertiary/aromatic N) is 2. The number of fused-ring (bicyclic) bond motifs is 1. The smallest absolute Gasteiger partial charge is 0.253 e. The fraction of sp³-hybridized carbons (Fsp3) is 0.409. The summed E-state index contributed by atoms with van der Waals surface area (Å²) in [6.07, 6.45) is 0.741. The van der Waals surface area contributed by atoms with Crippen molar-refractivity contribution in [3.05, 3.63) is 57.0 Å². The van der Waals surface area contributed by atoms with Gasteiger partial charge < -0.3 is 15.0 Å². The van der Waals surface area contributed by atoms with E-state index in [4.69, 9.17) is 4.74 Å². The van der Waals surface area contributed by atoms with E-state index in [1.807, 2.05) is 52.0 Å². The minimum absolute atomic E-state index is 0.131. The van der Waals surface area contributed by atoms with Crippen LogP contribution in [0.2, 0.25) is 0 Å². The van der Waals surface area contributed by atoms with Crippen LogP contribution in [-0.2, 0) is 29.6 Å². The molecule has 0 unspecified atom stereocenters. The van der Waals surface area contributed by atoms with Gasteiger partial charge in [-0.1, -0.05) is 12.1 Å². The zero-order valence-corrected chi connectivity index (χ0v) is 17.6. The number of aromatic nitrogens is 3. The van der Waals surface area contributed by atoms with Crippen LogP contribution in [0.3, 0.4) is 0 Å². The number of pyridine rings is 1. The van der Waals surface area contributed by atoms with Crippen molar-refractivity contribution in [3.63, 3.8) is 0 Å². The zero-order valence-electron chi connectivity index (χ0n) is 17.6. The molecule has 0 radical (unpaired) electrons. The molecule has 7 nitrogen and oxygen atoms in total. The molecule has 0 atom stereocenters. The third-order valence-corrected chi connectivity index (χ3v) is 4.95. The lowest BCUT2D eigenvalue weighted by atomic mass is 10.0. The Morgan fingerprint density at radius 1 is 1.31 bits per heavy atom. The van der Waals surface area contributed by atoms with E-state index in [1.54, 1.807) is 11.7 Å². The Labute approximate surface area is 170 Å². The van der Waals surface area contributed by atoms with Gasteiger partial charge in [0.05, 0.1) is 18.4 Å². The number of hydrogen-bond donors (Lipinski definition) is 2. The van der Waals surface area contributed by atoms with E-state index in [9.17, 15) is 9.59 Å². The molecule has 2 N–H and O–H groups in total. The lowest BCUT2D eigenvalue weighted by Crippen LogP contribution is -2.19. The number of rotatable bonds is 7. The van der Waals surface area contributed by atoms with Gasteiger partial charge in [-0.2, -0.15) is 5.10 Å². The number of H-pyrrole nitrogens is 1. The molecule has 0 fully saturated rings. The van der Waals surface area contributed by atoms with Crippen molar-refractivity contribution in [2.24, 2.45) is 7.05 Å². The maximum Gasteiger partial charge on any atom is 0.253 e. The standard InChI is InChI=1S/C22H28N4O3/c1-13(2)29-12-16-7-6-8-17(11-16)23-19(27)10-9-18-14(3)20-15(4)25-26(5)21(20)24-22(18)28/h6-8,11,13H,9-10,12H2,1-5H3,(H,23,27)(H,24,28). The molecule has 1 aromatic carbocycles. The van der Waals surface area contributed by atoms with Gasteiger partial charge >= 0.3 is 0 Å². The lowest BCUT2D eigenvalue weighted by molar-refractivity contribution is -0.116. The Bertz CT molecular complexity index is 1100. The molecule has 29 heavy (non-hydrogen) atoms. The summed E-state index contributed by atoms with van der Waals surface area (Å²) in [5.74, 6) is -0.131. The van der Waals surface area contributed by atoms with Crippen molar-refractivity contribution in [1.29, 1.82) is 0 Å². The number of hydrogen-bond acceptors (Lipinski definition) is 4. The quantitative estimate of drug-likeness (QED) is 0.641. The molecule has 1 amide bonds. The number of aryl methyl sites for hydroxylation is 3. The first-order valence-electron chi connectivity index (χ1n) is 9.81. The van der Waals surface area contributed by atoms with Gasteiger partial charge in [0, 0.05) is 30.1 Å². The maximum atomic E-state index is 12.5. The fourth-order valence-electron chi connectivity index (χ4n) is 3.52. The Hall–Kier alpha value is -2.93. The second kappa shape index (κ2) is 8.61. The lowest BCUT2D eigenvalue weighted by Gasteiger charge is -2.10. The van der Waals surface area contributed by atoms with Crippen molar-refractivity contribution >= 4 is 22.6 Å². The van der Waals surface area contributed by atoms with Crippen LogP contribution in [0.5, 0.6) is 0 Å². The molecule has 0 saturated heterocycles. The summed E-state index contributed by atoms with van der Waals surface area (Å²) in [5.41, 5.74) is 4.64. The van der Waals surface area contributed by atoms with Gasteiger partial charge in [0.15, 0.2) is 0 Å². The van der Waals surface area contributed by atoms with Crippen LogP contribution in [0.25, 0.3) is 11.0 Å². The topological polar surface area (TPSA) is 89.0 Å². The molecule has 0 spiro atoms. The summed E-state index contributed by atoms with van der Waals surface area (Å²) in [4.78, 5) is 27.9. The first kappa shape index (κ1) is 20.8. The van der Waals surface area contributed by atoms with Crippen LogP contribution in [0.15, 0.2) is 29.1 Å². The van der Waals surface area contributed by atoms with Crippen molar-refractivity contribution in [1.82, 2.24) is 14.8 Å². The monoisotopic (exact) mass is 396 g/mol. The third-order valence-electron chi connectivity index (χ3n) is 4.95. The van der Waals surface area contributed by atoms with Crippen molar-refractivity contribution in [3.8, 4) is 0 Å². The first-order valence-corrected chi connectivity index (χ1v) is 9.81. The summed E-state index contributed by atoms with van der Waals surface area (Å²) in [6.45, 7) is 8.30. The molecule has 7 heteroatoms. The van der Waals surface area contributed by atoms with E-state index < -0.39 is 0 Å². The molecule has 0 aliphatic heterocycles. The highest BCUT2D eigenvalue weighted by Crippen LogP contribution is 2.21. The van der Waals surface area contributed by atoms with Gasteiger partial charge in [-0.25, -0.2) is 0 Å². The number of anilines is 1. The number of benzene rings is 1. The molecular formula is C22H28N4O3. The summed E-state index contributed by atoms with van der Waals surface area (Å²) in [6, 6.07) is 7.61. The molecule has 3 aromatic rings. The summed E-state index contributed by atoms with van der Waals surface area (Å²) >= 11 is 0. The van der Waals surface area contributed by atoms with Gasteiger partial charge in [0.2, 0.25) is 5.91 Å². The van der Waals surface area contributed by atoms with Crippen LogP contribution in [0.1, 0.15) is 42.7 Å². The highest BCUT2D eigenvalue weighted by Gasteiger charge is 2.16. The highest BCUT2D eigenvalue weighted by molar-refractivity contribution is 5.91. The average Bonchev–Trinajstić information content (AvgIpc) is 2.93. The number of carbonyl (C=O) groups is 1. The van der Waals surface area contributed by atoms with Gasteiger partial charge in [-0.05, 0) is 57.4 Å². The number of amides is 1. The van der Waals surface area contributed by atoms with E-state index >= 15 is 0 Å². The number of carbonyl (C=O) groups excluding carboxylic acids is 1. The van der Waals surface area contributed by atoms with Gasteiger partial charge in [0.25, 0.3) is 5.56 Å². The van der Waals surface area contributed by atoms with Crippen LogP contribution in [-0.4, -0.2) is 26.8 Å². The first-order chi connectivity index (χ1) is 13.8. The Morgan fingerprint density at radius 3 is 2.79 bits per heavy atom. The van der Waals surface area contributed by atoms with E-state index in [2.05, 4.69) is 15.4 Å². The molecule has 2 aromatic heterocycles. The Morgan fingerprint density at radius 2 is 2.07 bits per heavy atom. The normalized spacial score (nSPS) is 11.4. The highest BCUT2D eigenvalue weighted by atomic mass is 16.5. The molecule has 0 saturated carbocycles. The predicted molar refractivity (Wildman–Crippen MR) is 114 cm³/mol. The minimum Gasteiger partial charge on any atom is -0.374 e. The maximum absolute atomic E-state index is 12.5. The predicted octanol–water partition coefficient (Wildman–Crippen LogP) is 3.37. The molecule has 154 valence electrons. The Balaban J connectivity index is 1.69. The van der Waals surface area contributed by atoms with Crippen molar-refractivity contribution in [2.45, 2.75) is 53.2 Å². The van der Waals surface area contributed by atoms with Crippen molar-refractivity contribution < 1.29 is 9.53 Å². The van der Waals surface area contributed by atoms with E-state index in [-0.39, 0.29) is 24.0 Å². The number of aromatic amines is 1. The second-order valence-electron chi connectivity index (χ2n) is 7.60. The van der Waals surface area contributed by atoms with Crippen LogP contribution in [0.4, 0.5) is 5.69 Å². The summed E-state index contributed by atoms with van der Waals surface area (Å²) in [5, 5.41) is 8.23. The summed E-state index contributed by atoms with van der Waals surface area (Å²) in [7, 11) is 1.80. The molecule has 0 bridgehead atoms. The van der Waals surface area contributed by atoms with Crippen LogP contribution in [0, 0.1) is 13.8 Å².